The van der Waals surface area contributed by atoms with Gasteiger partial charge in [0.15, 0.2) is 5.69 Å². The molecule has 1 amide bonds. The molecule has 1 aromatic carbocycles. The SMILES string of the molecule is CCn1cc(-c2cc(C(=O)NC)ccc2Br)c(C(F)(F)F)n1. The van der Waals surface area contributed by atoms with Crippen molar-refractivity contribution in [3.05, 3.63) is 40.1 Å². The van der Waals surface area contributed by atoms with E-state index in [1.165, 1.54) is 30.1 Å². The molecule has 1 N–H and O–H groups in total. The van der Waals surface area contributed by atoms with Gasteiger partial charge in [-0.25, -0.2) is 0 Å². The molecule has 22 heavy (non-hydrogen) atoms. The first-order valence-corrected chi connectivity index (χ1v) is 7.23. The maximum Gasteiger partial charge on any atom is 0.435 e. The predicted octanol–water partition coefficient (Wildman–Crippen LogP) is 3.71. The van der Waals surface area contributed by atoms with Crippen LogP contribution < -0.4 is 5.32 Å². The molecule has 0 saturated heterocycles. The molecule has 1 heterocycles. The average Bonchev–Trinajstić information content (AvgIpc) is 2.91. The van der Waals surface area contributed by atoms with Crippen molar-refractivity contribution in [3.8, 4) is 11.1 Å². The normalized spacial score (nSPS) is 11.5. The van der Waals surface area contributed by atoms with E-state index in [2.05, 4.69) is 26.3 Å². The Morgan fingerprint density at radius 1 is 1.36 bits per heavy atom. The highest BCUT2D eigenvalue weighted by Crippen LogP contribution is 2.39. The van der Waals surface area contributed by atoms with E-state index < -0.39 is 11.9 Å². The summed E-state index contributed by atoms with van der Waals surface area (Å²) in [5.74, 6) is -0.370. The molecule has 118 valence electrons. The first-order valence-electron chi connectivity index (χ1n) is 6.44. The third-order valence-electron chi connectivity index (χ3n) is 3.10. The van der Waals surface area contributed by atoms with Crippen LogP contribution in [0.2, 0.25) is 0 Å². The van der Waals surface area contributed by atoms with Crippen LogP contribution in [0.5, 0.6) is 0 Å². The number of carbonyl (C=O) groups is 1. The van der Waals surface area contributed by atoms with Crippen LogP contribution >= 0.6 is 15.9 Å². The fraction of sp³-hybridized carbons (Fsp3) is 0.286. The number of benzene rings is 1. The molecule has 0 radical (unpaired) electrons. The Labute approximate surface area is 133 Å². The number of aromatic nitrogens is 2. The van der Waals surface area contributed by atoms with E-state index in [1.807, 2.05) is 0 Å². The molecule has 8 heteroatoms. The minimum Gasteiger partial charge on any atom is -0.355 e. The Bertz CT molecular complexity index is 710. The molecule has 0 fully saturated rings. The molecule has 0 bridgehead atoms. The zero-order chi connectivity index (χ0) is 16.5. The first-order chi connectivity index (χ1) is 10.3. The summed E-state index contributed by atoms with van der Waals surface area (Å²) in [6.45, 7) is 2.02. The van der Waals surface area contributed by atoms with Crippen molar-refractivity contribution in [2.24, 2.45) is 0 Å². The lowest BCUT2D eigenvalue weighted by Gasteiger charge is -2.09. The smallest absolute Gasteiger partial charge is 0.355 e. The number of rotatable bonds is 3. The summed E-state index contributed by atoms with van der Waals surface area (Å²) in [5.41, 5.74) is -0.484. The fourth-order valence-electron chi connectivity index (χ4n) is 2.01. The van der Waals surface area contributed by atoms with E-state index in [9.17, 15) is 18.0 Å². The zero-order valence-corrected chi connectivity index (χ0v) is 13.4. The fourth-order valence-corrected chi connectivity index (χ4v) is 2.47. The zero-order valence-electron chi connectivity index (χ0n) is 11.8. The standard InChI is InChI=1S/C14H13BrF3N3O/c1-3-21-7-10(12(20-21)14(16,17)18)9-6-8(13(22)19-2)4-5-11(9)15/h4-7H,3H2,1-2H3,(H,19,22). The number of nitrogens with one attached hydrogen (secondary N) is 1. The molecule has 2 rings (SSSR count). The number of hydrogen-bond acceptors (Lipinski definition) is 2. The van der Waals surface area contributed by atoms with Gasteiger partial charge in [0.25, 0.3) is 5.91 Å². The van der Waals surface area contributed by atoms with Crippen LogP contribution in [0.25, 0.3) is 11.1 Å². The first kappa shape index (κ1) is 16.5. The Morgan fingerprint density at radius 2 is 2.05 bits per heavy atom. The van der Waals surface area contributed by atoms with Gasteiger partial charge in [-0.1, -0.05) is 15.9 Å². The highest BCUT2D eigenvalue weighted by Gasteiger charge is 2.38. The molecule has 0 aliphatic rings. The number of alkyl halides is 3. The molecule has 2 aromatic rings. The van der Waals surface area contributed by atoms with Gasteiger partial charge in [0, 0.05) is 41.0 Å². The van der Waals surface area contributed by atoms with Crippen molar-refractivity contribution in [2.45, 2.75) is 19.6 Å². The van der Waals surface area contributed by atoms with E-state index >= 15 is 0 Å². The van der Waals surface area contributed by atoms with E-state index in [0.29, 0.717) is 11.0 Å². The Kier molecular flexibility index (Phi) is 4.60. The largest absolute Gasteiger partial charge is 0.435 e. The second kappa shape index (κ2) is 6.12. The molecule has 0 saturated carbocycles. The Morgan fingerprint density at radius 3 is 2.59 bits per heavy atom. The summed E-state index contributed by atoms with van der Waals surface area (Å²) in [6, 6.07) is 4.49. The van der Waals surface area contributed by atoms with Gasteiger partial charge in [-0.05, 0) is 25.1 Å². The van der Waals surface area contributed by atoms with Gasteiger partial charge in [-0.15, -0.1) is 0 Å². The Balaban J connectivity index is 2.65. The van der Waals surface area contributed by atoms with Crippen molar-refractivity contribution in [2.75, 3.05) is 7.05 Å². The number of nitrogens with zero attached hydrogens (tertiary/aromatic N) is 2. The molecule has 0 aliphatic heterocycles. The maximum absolute atomic E-state index is 13.2. The van der Waals surface area contributed by atoms with Gasteiger partial charge >= 0.3 is 6.18 Å². The number of aryl methyl sites for hydroxylation is 1. The van der Waals surface area contributed by atoms with Gasteiger partial charge in [-0.3, -0.25) is 9.48 Å². The van der Waals surface area contributed by atoms with Crippen molar-refractivity contribution < 1.29 is 18.0 Å². The summed E-state index contributed by atoms with van der Waals surface area (Å²) < 4.78 is 41.2. The summed E-state index contributed by atoms with van der Waals surface area (Å²) >= 11 is 3.23. The lowest BCUT2D eigenvalue weighted by atomic mass is 10.0. The quantitative estimate of drug-likeness (QED) is 0.888. The minimum absolute atomic E-state index is 0.0630. The van der Waals surface area contributed by atoms with Crippen LogP contribution in [-0.4, -0.2) is 22.7 Å². The molecular formula is C14H13BrF3N3O. The van der Waals surface area contributed by atoms with Crippen LogP contribution in [0.15, 0.2) is 28.9 Å². The number of amides is 1. The van der Waals surface area contributed by atoms with Crippen LogP contribution in [-0.2, 0) is 12.7 Å². The van der Waals surface area contributed by atoms with E-state index in [0.717, 1.165) is 0 Å². The number of carbonyl (C=O) groups excluding carboxylic acids is 1. The summed E-state index contributed by atoms with van der Waals surface area (Å²) in [7, 11) is 1.46. The summed E-state index contributed by atoms with van der Waals surface area (Å²) in [5, 5.41) is 6.03. The molecular weight excluding hydrogens is 363 g/mol. The van der Waals surface area contributed by atoms with E-state index in [1.54, 1.807) is 13.0 Å². The summed E-state index contributed by atoms with van der Waals surface area (Å²) in [4.78, 5) is 11.7. The molecule has 4 nitrogen and oxygen atoms in total. The van der Waals surface area contributed by atoms with Gasteiger partial charge in [-0.2, -0.15) is 18.3 Å². The minimum atomic E-state index is -4.57. The third kappa shape index (κ3) is 3.16. The number of halogens is 4. The monoisotopic (exact) mass is 375 g/mol. The van der Waals surface area contributed by atoms with Gasteiger partial charge < -0.3 is 5.32 Å². The van der Waals surface area contributed by atoms with E-state index in [-0.39, 0.29) is 22.6 Å². The van der Waals surface area contributed by atoms with Crippen LogP contribution in [0, 0.1) is 0 Å². The van der Waals surface area contributed by atoms with Gasteiger partial charge in [0.05, 0.1) is 0 Å². The molecule has 0 aliphatic carbocycles. The highest BCUT2D eigenvalue weighted by molar-refractivity contribution is 9.10. The molecule has 0 unspecified atom stereocenters. The molecule has 0 atom stereocenters. The lowest BCUT2D eigenvalue weighted by molar-refractivity contribution is -0.141. The van der Waals surface area contributed by atoms with Crippen molar-refractivity contribution in [1.29, 1.82) is 0 Å². The highest BCUT2D eigenvalue weighted by atomic mass is 79.9. The topological polar surface area (TPSA) is 46.9 Å². The van der Waals surface area contributed by atoms with Gasteiger partial charge in [0.1, 0.15) is 0 Å². The van der Waals surface area contributed by atoms with Crippen LogP contribution in [0.1, 0.15) is 23.0 Å². The molecule has 0 spiro atoms. The van der Waals surface area contributed by atoms with Crippen LogP contribution in [0.4, 0.5) is 13.2 Å². The number of hydrogen-bond donors (Lipinski definition) is 1. The predicted molar refractivity (Wildman–Crippen MR) is 79.4 cm³/mol. The van der Waals surface area contributed by atoms with E-state index in [4.69, 9.17) is 0 Å². The second-order valence-electron chi connectivity index (χ2n) is 4.52. The van der Waals surface area contributed by atoms with Crippen LogP contribution in [0.3, 0.4) is 0 Å². The summed E-state index contributed by atoms with van der Waals surface area (Å²) in [6.07, 6.45) is -3.24. The van der Waals surface area contributed by atoms with Gasteiger partial charge in [0.2, 0.25) is 0 Å². The van der Waals surface area contributed by atoms with Crippen molar-refractivity contribution >= 4 is 21.8 Å². The second-order valence-corrected chi connectivity index (χ2v) is 5.37. The van der Waals surface area contributed by atoms with Crippen molar-refractivity contribution in [1.82, 2.24) is 15.1 Å². The van der Waals surface area contributed by atoms with Crippen molar-refractivity contribution in [3.63, 3.8) is 0 Å². The average molecular weight is 376 g/mol. The lowest BCUT2D eigenvalue weighted by Crippen LogP contribution is -2.17. The molecule has 1 aromatic heterocycles. The Hall–Kier alpha value is -1.83. The third-order valence-corrected chi connectivity index (χ3v) is 3.79. The maximum atomic E-state index is 13.2.